The van der Waals surface area contributed by atoms with Crippen molar-refractivity contribution in [2.75, 3.05) is 6.61 Å². The van der Waals surface area contributed by atoms with E-state index in [1.165, 1.54) is 0 Å². The molecule has 4 nitrogen and oxygen atoms in total. The first kappa shape index (κ1) is 16.1. The molecule has 0 bridgehead atoms. The lowest BCUT2D eigenvalue weighted by molar-refractivity contribution is -0.162. The van der Waals surface area contributed by atoms with Crippen molar-refractivity contribution in [1.29, 1.82) is 0 Å². The van der Waals surface area contributed by atoms with Gasteiger partial charge in [-0.1, -0.05) is 30.6 Å². The van der Waals surface area contributed by atoms with Crippen molar-refractivity contribution >= 4 is 5.84 Å². The van der Waals surface area contributed by atoms with E-state index in [0.717, 1.165) is 18.4 Å². The van der Waals surface area contributed by atoms with Gasteiger partial charge in [0.1, 0.15) is 18.3 Å². The molecule has 3 N–H and O–H groups in total. The first-order valence-corrected chi connectivity index (χ1v) is 6.14. The minimum absolute atomic E-state index is 0.310. The molecule has 0 aliphatic carbocycles. The standard InChI is InChI=1S/C13H17F3N2O2/c1-2-3-9-4-6-10(7-5-9)20-8-11(12(17)18-19)13(14,15)16/h4-7,11,19H,2-3,8H2,1H3,(H2,17,18). The molecule has 1 aromatic rings. The van der Waals surface area contributed by atoms with Gasteiger partial charge in [-0.15, -0.1) is 0 Å². The van der Waals surface area contributed by atoms with Gasteiger partial charge in [-0.25, -0.2) is 0 Å². The Kier molecular flexibility index (Phi) is 5.66. The van der Waals surface area contributed by atoms with E-state index in [0.29, 0.717) is 5.75 Å². The van der Waals surface area contributed by atoms with Gasteiger partial charge >= 0.3 is 6.18 Å². The number of halogens is 3. The van der Waals surface area contributed by atoms with Crippen molar-refractivity contribution in [2.45, 2.75) is 25.9 Å². The number of amidine groups is 1. The summed E-state index contributed by atoms with van der Waals surface area (Å²) in [6.45, 7) is 1.31. The van der Waals surface area contributed by atoms with Crippen LogP contribution in [-0.4, -0.2) is 23.8 Å². The SMILES string of the molecule is CCCc1ccc(OCC(/C(N)=N/O)C(F)(F)F)cc1. The van der Waals surface area contributed by atoms with Crippen LogP contribution in [-0.2, 0) is 6.42 Å². The smallest absolute Gasteiger partial charge is 0.402 e. The zero-order chi connectivity index (χ0) is 15.2. The van der Waals surface area contributed by atoms with E-state index in [-0.39, 0.29) is 0 Å². The maximum absolute atomic E-state index is 12.7. The quantitative estimate of drug-likeness (QED) is 0.366. The zero-order valence-corrected chi connectivity index (χ0v) is 11.0. The van der Waals surface area contributed by atoms with Gasteiger partial charge < -0.3 is 15.7 Å². The van der Waals surface area contributed by atoms with Crippen molar-refractivity contribution in [1.82, 2.24) is 0 Å². The Morgan fingerprint density at radius 2 is 1.95 bits per heavy atom. The van der Waals surface area contributed by atoms with E-state index in [2.05, 4.69) is 5.16 Å². The molecule has 0 aliphatic heterocycles. The fraction of sp³-hybridized carbons (Fsp3) is 0.462. The molecule has 0 aliphatic rings. The minimum Gasteiger partial charge on any atom is -0.492 e. The molecule has 112 valence electrons. The number of hydrogen-bond acceptors (Lipinski definition) is 3. The summed E-state index contributed by atoms with van der Waals surface area (Å²) in [7, 11) is 0. The molecule has 0 spiro atoms. The lowest BCUT2D eigenvalue weighted by Gasteiger charge is -2.19. The maximum atomic E-state index is 12.7. The van der Waals surface area contributed by atoms with Crippen LogP contribution < -0.4 is 10.5 Å². The van der Waals surface area contributed by atoms with Crippen LogP contribution in [0.15, 0.2) is 29.4 Å². The van der Waals surface area contributed by atoms with Crippen LogP contribution >= 0.6 is 0 Å². The molecule has 0 radical (unpaired) electrons. The average molecular weight is 290 g/mol. The van der Waals surface area contributed by atoms with Crippen LogP contribution in [0.3, 0.4) is 0 Å². The van der Waals surface area contributed by atoms with Gasteiger partial charge in [-0.2, -0.15) is 13.2 Å². The Balaban J connectivity index is 2.68. The van der Waals surface area contributed by atoms with E-state index in [4.69, 9.17) is 15.7 Å². The molecule has 0 heterocycles. The van der Waals surface area contributed by atoms with E-state index < -0.39 is 24.5 Å². The highest BCUT2D eigenvalue weighted by Crippen LogP contribution is 2.27. The van der Waals surface area contributed by atoms with Gasteiger partial charge in [0.15, 0.2) is 5.84 Å². The Bertz CT molecular complexity index is 444. The van der Waals surface area contributed by atoms with Gasteiger partial charge in [0.25, 0.3) is 0 Å². The van der Waals surface area contributed by atoms with E-state index >= 15 is 0 Å². The molecular weight excluding hydrogens is 273 g/mol. The molecule has 7 heteroatoms. The molecular formula is C13H17F3N2O2. The van der Waals surface area contributed by atoms with Gasteiger partial charge in [0, 0.05) is 0 Å². The van der Waals surface area contributed by atoms with Crippen molar-refractivity contribution in [3.05, 3.63) is 29.8 Å². The van der Waals surface area contributed by atoms with Crippen molar-refractivity contribution in [3.63, 3.8) is 0 Å². The third-order valence-electron chi connectivity index (χ3n) is 2.75. The summed E-state index contributed by atoms with van der Waals surface area (Å²) in [5, 5.41) is 10.8. The third kappa shape index (κ3) is 4.64. The number of rotatable bonds is 6. The largest absolute Gasteiger partial charge is 0.492 e. The second-order valence-corrected chi connectivity index (χ2v) is 4.32. The molecule has 1 rings (SSSR count). The van der Waals surface area contributed by atoms with E-state index in [1.807, 2.05) is 6.92 Å². The molecule has 1 atom stereocenters. The lowest BCUT2D eigenvalue weighted by atomic mass is 10.1. The van der Waals surface area contributed by atoms with Crippen molar-refractivity contribution in [2.24, 2.45) is 16.8 Å². The average Bonchev–Trinajstić information content (AvgIpc) is 2.39. The van der Waals surface area contributed by atoms with Crippen LogP contribution in [0, 0.1) is 5.92 Å². The first-order chi connectivity index (χ1) is 9.38. The van der Waals surface area contributed by atoms with Gasteiger partial charge in [-0.3, -0.25) is 0 Å². The number of oxime groups is 1. The summed E-state index contributed by atoms with van der Waals surface area (Å²) in [5.74, 6) is -2.74. The summed E-state index contributed by atoms with van der Waals surface area (Å²) in [6.07, 6.45) is -2.74. The molecule has 1 aromatic carbocycles. The van der Waals surface area contributed by atoms with Gasteiger partial charge in [-0.05, 0) is 24.1 Å². The highest BCUT2D eigenvalue weighted by atomic mass is 19.4. The fourth-order valence-electron chi connectivity index (χ4n) is 1.64. The molecule has 0 amide bonds. The maximum Gasteiger partial charge on any atom is 0.402 e. The predicted octanol–water partition coefficient (Wildman–Crippen LogP) is 2.94. The Labute approximate surface area is 115 Å². The fourth-order valence-corrected chi connectivity index (χ4v) is 1.64. The molecule has 0 aromatic heterocycles. The number of ether oxygens (including phenoxy) is 1. The van der Waals surface area contributed by atoms with Crippen LogP contribution in [0.5, 0.6) is 5.75 Å². The highest BCUT2D eigenvalue weighted by Gasteiger charge is 2.43. The van der Waals surface area contributed by atoms with Crippen molar-refractivity contribution < 1.29 is 23.1 Å². The number of nitrogens with two attached hydrogens (primary N) is 1. The third-order valence-corrected chi connectivity index (χ3v) is 2.75. The normalized spacial score (nSPS) is 14.1. The van der Waals surface area contributed by atoms with Gasteiger partial charge in [0.05, 0.1) is 0 Å². The highest BCUT2D eigenvalue weighted by molar-refractivity contribution is 5.83. The number of alkyl halides is 3. The molecule has 0 saturated heterocycles. The Morgan fingerprint density at radius 3 is 2.40 bits per heavy atom. The number of nitrogens with zero attached hydrogens (tertiary/aromatic N) is 1. The second kappa shape index (κ2) is 7.02. The second-order valence-electron chi connectivity index (χ2n) is 4.32. The summed E-state index contributed by atoms with van der Waals surface area (Å²) in [5.41, 5.74) is 6.12. The van der Waals surface area contributed by atoms with Crippen molar-refractivity contribution in [3.8, 4) is 5.75 Å². The Hall–Kier alpha value is -1.92. The topological polar surface area (TPSA) is 67.8 Å². The van der Waals surface area contributed by atoms with Gasteiger partial charge in [0.2, 0.25) is 0 Å². The monoisotopic (exact) mass is 290 g/mol. The zero-order valence-electron chi connectivity index (χ0n) is 11.0. The van der Waals surface area contributed by atoms with E-state index in [9.17, 15) is 13.2 Å². The predicted molar refractivity (Wildman–Crippen MR) is 68.9 cm³/mol. The Morgan fingerprint density at radius 1 is 1.35 bits per heavy atom. The van der Waals surface area contributed by atoms with Crippen LogP contribution in [0.1, 0.15) is 18.9 Å². The first-order valence-electron chi connectivity index (χ1n) is 6.14. The van der Waals surface area contributed by atoms with Crippen LogP contribution in [0.4, 0.5) is 13.2 Å². The summed E-state index contributed by atoms with van der Waals surface area (Å²) < 4.78 is 43.1. The summed E-state index contributed by atoms with van der Waals surface area (Å²) in [4.78, 5) is 0. The van der Waals surface area contributed by atoms with Crippen LogP contribution in [0.2, 0.25) is 0 Å². The number of hydrogen-bond donors (Lipinski definition) is 2. The molecule has 0 fully saturated rings. The minimum atomic E-state index is -4.63. The van der Waals surface area contributed by atoms with Crippen LogP contribution in [0.25, 0.3) is 0 Å². The molecule has 20 heavy (non-hydrogen) atoms. The number of aryl methyl sites for hydroxylation is 1. The lowest BCUT2D eigenvalue weighted by Crippen LogP contribution is -2.40. The molecule has 0 saturated carbocycles. The molecule has 1 unspecified atom stereocenters. The summed E-state index contributed by atoms with van der Waals surface area (Å²) >= 11 is 0. The van der Waals surface area contributed by atoms with E-state index in [1.54, 1.807) is 24.3 Å². The summed E-state index contributed by atoms with van der Waals surface area (Å²) in [6, 6.07) is 6.80. The number of benzene rings is 1.